The molecule has 7 heteroatoms. The van der Waals surface area contributed by atoms with Gasteiger partial charge in [-0.15, -0.1) is 0 Å². The SMILES string of the molecule is CC.CC(C)N(C)c1cc(Cl)ccc1[C@@H](c1cccc(Cl)c1F)[C@H](C(=O)O)N(C)C1(C)CCCCC1. The van der Waals surface area contributed by atoms with Gasteiger partial charge in [0.2, 0.25) is 0 Å². The number of hydrogen-bond acceptors (Lipinski definition) is 3. The highest BCUT2D eigenvalue weighted by atomic mass is 35.5. The number of carboxylic acids is 1. The molecule has 0 spiro atoms. The Labute approximate surface area is 226 Å². The Balaban J connectivity index is 0.00000222. The Kier molecular flexibility index (Phi) is 11.1. The van der Waals surface area contributed by atoms with Crippen LogP contribution in [0.4, 0.5) is 10.1 Å². The predicted molar refractivity (Wildman–Crippen MR) is 150 cm³/mol. The van der Waals surface area contributed by atoms with Crippen molar-refractivity contribution in [2.45, 2.75) is 90.3 Å². The number of carboxylic acid groups (broad SMARTS) is 1. The van der Waals surface area contributed by atoms with Crippen molar-refractivity contribution in [2.75, 3.05) is 19.0 Å². The standard InChI is InChI=1S/C27H35Cl2FN2O2.C2H6/c1-17(2)31(4)22-16-18(28)12-13-19(22)23(20-10-9-11-21(29)24(20)30)25(26(33)34)32(5)27(3)14-7-6-8-15-27;1-2/h9-13,16-17,23,25H,6-8,14-15H2,1-5H3,(H,33,34);1-2H3/t23-,25+;/m0./s1. The molecule has 200 valence electrons. The van der Waals surface area contributed by atoms with Crippen molar-refractivity contribution in [3.63, 3.8) is 0 Å². The van der Waals surface area contributed by atoms with E-state index in [0.29, 0.717) is 10.6 Å². The molecule has 0 saturated heterocycles. The number of hydrogen-bond donors (Lipinski definition) is 1. The molecular formula is C29H41Cl2FN2O2. The van der Waals surface area contributed by atoms with Crippen LogP contribution >= 0.6 is 23.2 Å². The molecule has 1 aliphatic rings. The fourth-order valence-electron chi connectivity index (χ4n) is 5.17. The third-order valence-electron chi connectivity index (χ3n) is 7.57. The van der Waals surface area contributed by atoms with Crippen molar-refractivity contribution in [2.24, 2.45) is 0 Å². The molecule has 3 rings (SSSR count). The van der Waals surface area contributed by atoms with Gasteiger partial charge in [0.15, 0.2) is 0 Å². The third kappa shape index (κ3) is 6.54. The van der Waals surface area contributed by atoms with E-state index in [1.165, 1.54) is 6.07 Å². The Morgan fingerprint density at radius 1 is 1.03 bits per heavy atom. The molecule has 1 saturated carbocycles. The Hall–Kier alpha value is -1.82. The quantitative estimate of drug-likeness (QED) is 0.367. The summed E-state index contributed by atoms with van der Waals surface area (Å²) >= 11 is 12.6. The maximum atomic E-state index is 15.5. The van der Waals surface area contributed by atoms with Crippen LogP contribution in [-0.4, -0.2) is 47.7 Å². The van der Waals surface area contributed by atoms with Gasteiger partial charge in [-0.05, 0) is 70.0 Å². The van der Waals surface area contributed by atoms with E-state index in [2.05, 4.69) is 6.92 Å². The van der Waals surface area contributed by atoms with Gasteiger partial charge in [0, 0.05) is 35.3 Å². The zero-order valence-corrected chi connectivity index (χ0v) is 24.1. The Morgan fingerprint density at radius 3 is 2.19 bits per heavy atom. The average Bonchev–Trinajstić information content (AvgIpc) is 2.85. The zero-order valence-electron chi connectivity index (χ0n) is 22.6. The summed E-state index contributed by atoms with van der Waals surface area (Å²) in [5.41, 5.74) is 1.46. The van der Waals surface area contributed by atoms with Crippen molar-refractivity contribution in [3.05, 3.63) is 63.4 Å². The van der Waals surface area contributed by atoms with E-state index in [1.807, 2.05) is 63.7 Å². The minimum atomic E-state index is -1.00. The van der Waals surface area contributed by atoms with Gasteiger partial charge in [-0.3, -0.25) is 9.69 Å². The number of halogens is 3. The van der Waals surface area contributed by atoms with Gasteiger partial charge in [-0.25, -0.2) is 4.39 Å². The number of aliphatic carboxylic acids is 1. The van der Waals surface area contributed by atoms with Crippen LogP contribution in [-0.2, 0) is 4.79 Å². The summed E-state index contributed by atoms with van der Waals surface area (Å²) in [6, 6.07) is 9.33. The number of anilines is 1. The van der Waals surface area contributed by atoms with Crippen LogP contribution in [0.15, 0.2) is 36.4 Å². The molecule has 0 bridgehead atoms. The van der Waals surface area contributed by atoms with Gasteiger partial charge in [0.25, 0.3) is 0 Å². The highest BCUT2D eigenvalue weighted by molar-refractivity contribution is 6.31. The van der Waals surface area contributed by atoms with Crippen LogP contribution in [0.5, 0.6) is 0 Å². The molecule has 0 radical (unpaired) electrons. The lowest BCUT2D eigenvalue weighted by molar-refractivity contribution is -0.146. The maximum Gasteiger partial charge on any atom is 0.321 e. The summed E-state index contributed by atoms with van der Waals surface area (Å²) < 4.78 is 15.5. The van der Waals surface area contributed by atoms with Crippen LogP contribution in [0, 0.1) is 5.82 Å². The van der Waals surface area contributed by atoms with Gasteiger partial charge in [0.05, 0.1) is 5.02 Å². The second-order valence-corrected chi connectivity index (χ2v) is 10.8. The predicted octanol–water partition coefficient (Wildman–Crippen LogP) is 8.24. The van der Waals surface area contributed by atoms with E-state index < -0.39 is 23.7 Å². The second kappa shape index (κ2) is 13.1. The van der Waals surface area contributed by atoms with Gasteiger partial charge in [-0.2, -0.15) is 0 Å². The first-order valence-electron chi connectivity index (χ1n) is 12.9. The summed E-state index contributed by atoms with van der Waals surface area (Å²) in [7, 11) is 3.80. The van der Waals surface area contributed by atoms with E-state index in [1.54, 1.807) is 18.2 Å². The zero-order chi connectivity index (χ0) is 27.2. The lowest BCUT2D eigenvalue weighted by atomic mass is 9.77. The highest BCUT2D eigenvalue weighted by Crippen LogP contribution is 2.43. The second-order valence-electron chi connectivity index (χ2n) is 9.98. The lowest BCUT2D eigenvalue weighted by Gasteiger charge is -2.47. The largest absolute Gasteiger partial charge is 0.480 e. The van der Waals surface area contributed by atoms with Crippen LogP contribution in [0.3, 0.4) is 0 Å². The van der Waals surface area contributed by atoms with Crippen molar-refractivity contribution in [1.82, 2.24) is 4.90 Å². The summed E-state index contributed by atoms with van der Waals surface area (Å²) in [5.74, 6) is -2.38. The number of carbonyl (C=O) groups is 1. The van der Waals surface area contributed by atoms with Crippen LogP contribution < -0.4 is 4.90 Å². The Morgan fingerprint density at radius 2 is 1.64 bits per heavy atom. The van der Waals surface area contributed by atoms with Crippen LogP contribution in [0.2, 0.25) is 10.0 Å². The van der Waals surface area contributed by atoms with Gasteiger partial charge in [-0.1, -0.05) is 74.5 Å². The molecule has 1 fully saturated rings. The summed E-state index contributed by atoms with van der Waals surface area (Å²) in [6.45, 7) is 10.2. The molecule has 2 aromatic carbocycles. The molecule has 1 aliphatic carbocycles. The number of likely N-dealkylation sites (N-methyl/N-ethyl adjacent to an activating group) is 1. The van der Waals surface area contributed by atoms with E-state index in [-0.39, 0.29) is 22.2 Å². The number of benzene rings is 2. The molecular weight excluding hydrogens is 498 g/mol. The number of rotatable bonds is 8. The van der Waals surface area contributed by atoms with Gasteiger partial charge >= 0.3 is 5.97 Å². The molecule has 0 amide bonds. The van der Waals surface area contributed by atoms with Crippen LogP contribution in [0.1, 0.15) is 83.8 Å². The summed E-state index contributed by atoms with van der Waals surface area (Å²) in [6.07, 6.45) is 5.04. The fraction of sp³-hybridized carbons (Fsp3) is 0.552. The minimum absolute atomic E-state index is 0.0223. The van der Waals surface area contributed by atoms with Crippen molar-refractivity contribution < 1.29 is 14.3 Å². The average molecular weight is 540 g/mol. The lowest BCUT2D eigenvalue weighted by Crippen LogP contribution is -2.55. The molecule has 2 atom stereocenters. The minimum Gasteiger partial charge on any atom is -0.480 e. The van der Waals surface area contributed by atoms with Gasteiger partial charge < -0.3 is 10.0 Å². The molecule has 0 unspecified atom stereocenters. The third-order valence-corrected chi connectivity index (χ3v) is 8.09. The number of nitrogens with zero attached hydrogens (tertiary/aromatic N) is 2. The van der Waals surface area contributed by atoms with E-state index in [9.17, 15) is 9.90 Å². The Bertz CT molecular complexity index is 1020. The van der Waals surface area contributed by atoms with Gasteiger partial charge in [0.1, 0.15) is 11.9 Å². The van der Waals surface area contributed by atoms with E-state index in [4.69, 9.17) is 23.2 Å². The monoisotopic (exact) mass is 538 g/mol. The molecule has 36 heavy (non-hydrogen) atoms. The maximum absolute atomic E-state index is 15.5. The highest BCUT2D eigenvalue weighted by Gasteiger charge is 2.44. The van der Waals surface area contributed by atoms with E-state index in [0.717, 1.165) is 37.8 Å². The molecule has 2 aromatic rings. The van der Waals surface area contributed by atoms with E-state index >= 15 is 4.39 Å². The first-order valence-corrected chi connectivity index (χ1v) is 13.7. The summed E-state index contributed by atoms with van der Waals surface area (Å²) in [4.78, 5) is 16.9. The van der Waals surface area contributed by atoms with Crippen molar-refractivity contribution in [1.29, 1.82) is 0 Å². The molecule has 0 aromatic heterocycles. The van der Waals surface area contributed by atoms with Crippen molar-refractivity contribution >= 4 is 34.9 Å². The topological polar surface area (TPSA) is 43.8 Å². The first kappa shape index (κ1) is 30.4. The first-order chi connectivity index (χ1) is 17.0. The smallest absolute Gasteiger partial charge is 0.321 e. The van der Waals surface area contributed by atoms with Crippen LogP contribution in [0.25, 0.3) is 0 Å². The molecule has 1 N–H and O–H groups in total. The molecule has 4 nitrogen and oxygen atoms in total. The fourth-order valence-corrected chi connectivity index (χ4v) is 5.51. The summed E-state index contributed by atoms with van der Waals surface area (Å²) in [5, 5.41) is 11.1. The van der Waals surface area contributed by atoms with Crippen molar-refractivity contribution in [3.8, 4) is 0 Å². The molecule has 0 aliphatic heterocycles. The molecule has 0 heterocycles. The normalized spacial score (nSPS) is 16.8.